The first-order chi connectivity index (χ1) is 13.2. The number of fused-ring (bicyclic) bond motifs is 1. The van der Waals surface area contributed by atoms with Crippen LogP contribution in [0.15, 0.2) is 18.2 Å². The lowest BCUT2D eigenvalue weighted by Gasteiger charge is -2.29. The Bertz CT molecular complexity index is 843. The molecular weight excluding hydrogens is 382 g/mol. The normalized spacial score (nSPS) is 23.3. The summed E-state index contributed by atoms with van der Waals surface area (Å²) in [7, 11) is 0. The molecule has 2 aliphatic heterocycles. The third-order valence-electron chi connectivity index (χ3n) is 5.17. The molecule has 2 atom stereocenters. The smallest absolute Gasteiger partial charge is 0.330 e. The molecule has 3 rings (SSSR count). The standard InChI is InChI=1S/C19H23N3O5S/c1-11-5-4-6-13(12(11)2)20-18(26)21-15(23)9-27-17(25)14-10-28-19(3)8-7-16(24)22(14)19/h4-6,14H,7-10H2,1-3H3,(H2,20,21,23,26)/t14-,19+/m0/s1. The van der Waals surface area contributed by atoms with E-state index >= 15 is 0 Å². The van der Waals surface area contributed by atoms with Gasteiger partial charge in [-0.15, -0.1) is 11.8 Å². The third kappa shape index (κ3) is 3.99. The number of esters is 1. The molecular formula is C19H23N3O5S. The van der Waals surface area contributed by atoms with Crippen LogP contribution >= 0.6 is 11.8 Å². The van der Waals surface area contributed by atoms with Gasteiger partial charge in [-0.1, -0.05) is 12.1 Å². The molecule has 4 amide bonds. The molecule has 8 nitrogen and oxygen atoms in total. The predicted molar refractivity (Wildman–Crippen MR) is 105 cm³/mol. The highest BCUT2D eigenvalue weighted by Crippen LogP contribution is 2.47. The highest BCUT2D eigenvalue weighted by atomic mass is 32.2. The minimum Gasteiger partial charge on any atom is -0.454 e. The average molecular weight is 405 g/mol. The number of nitrogens with zero attached hydrogens (tertiary/aromatic N) is 1. The van der Waals surface area contributed by atoms with Crippen molar-refractivity contribution in [2.24, 2.45) is 0 Å². The van der Waals surface area contributed by atoms with Crippen molar-refractivity contribution < 1.29 is 23.9 Å². The van der Waals surface area contributed by atoms with E-state index in [1.165, 1.54) is 0 Å². The first kappa shape index (κ1) is 20.2. The zero-order valence-corrected chi connectivity index (χ0v) is 16.9. The van der Waals surface area contributed by atoms with Gasteiger partial charge in [0.25, 0.3) is 5.91 Å². The van der Waals surface area contributed by atoms with Crippen LogP contribution in [0, 0.1) is 13.8 Å². The monoisotopic (exact) mass is 405 g/mol. The van der Waals surface area contributed by atoms with E-state index in [0.717, 1.165) is 11.1 Å². The lowest BCUT2D eigenvalue weighted by atomic mass is 10.1. The quantitative estimate of drug-likeness (QED) is 0.742. The number of amides is 4. The fraction of sp³-hybridized carbons (Fsp3) is 0.474. The molecule has 0 bridgehead atoms. The van der Waals surface area contributed by atoms with E-state index in [9.17, 15) is 19.2 Å². The van der Waals surface area contributed by atoms with Crippen molar-refractivity contribution >= 4 is 41.3 Å². The molecule has 2 fully saturated rings. The fourth-order valence-corrected chi connectivity index (χ4v) is 4.85. The number of urea groups is 1. The molecule has 0 unspecified atom stereocenters. The Kier molecular flexibility index (Phi) is 5.64. The summed E-state index contributed by atoms with van der Waals surface area (Å²) in [5.74, 6) is -1.00. The fourth-order valence-electron chi connectivity index (χ4n) is 3.43. The van der Waals surface area contributed by atoms with Crippen LogP contribution in [-0.2, 0) is 19.1 Å². The molecule has 150 valence electrons. The zero-order valence-electron chi connectivity index (χ0n) is 16.0. The number of imide groups is 1. The Morgan fingerprint density at radius 1 is 1.32 bits per heavy atom. The van der Waals surface area contributed by atoms with Crippen LogP contribution in [0.3, 0.4) is 0 Å². The van der Waals surface area contributed by atoms with Crippen molar-refractivity contribution in [2.75, 3.05) is 17.7 Å². The minimum absolute atomic E-state index is 0.0770. The van der Waals surface area contributed by atoms with Gasteiger partial charge in [0.1, 0.15) is 6.04 Å². The summed E-state index contributed by atoms with van der Waals surface area (Å²) in [4.78, 5) is 49.5. The number of anilines is 1. The number of carbonyl (C=O) groups excluding carboxylic acids is 4. The Balaban J connectivity index is 1.49. The van der Waals surface area contributed by atoms with E-state index in [0.29, 0.717) is 24.3 Å². The first-order valence-corrected chi connectivity index (χ1v) is 9.99. The molecule has 2 saturated heterocycles. The van der Waals surface area contributed by atoms with Crippen molar-refractivity contribution in [1.82, 2.24) is 10.2 Å². The number of thioether (sulfide) groups is 1. The Labute approximate surface area is 167 Å². The van der Waals surface area contributed by atoms with Gasteiger partial charge in [0.05, 0.1) is 4.87 Å². The van der Waals surface area contributed by atoms with E-state index in [2.05, 4.69) is 10.6 Å². The Morgan fingerprint density at radius 2 is 2.07 bits per heavy atom. The third-order valence-corrected chi connectivity index (χ3v) is 6.67. The largest absolute Gasteiger partial charge is 0.454 e. The van der Waals surface area contributed by atoms with Crippen LogP contribution in [0.25, 0.3) is 0 Å². The summed E-state index contributed by atoms with van der Waals surface area (Å²) in [5.41, 5.74) is 2.50. The van der Waals surface area contributed by atoms with Gasteiger partial charge in [0.15, 0.2) is 6.61 Å². The van der Waals surface area contributed by atoms with Crippen LogP contribution in [0.2, 0.25) is 0 Å². The molecule has 2 N–H and O–H groups in total. The van der Waals surface area contributed by atoms with Crippen molar-refractivity contribution in [3.63, 3.8) is 0 Å². The van der Waals surface area contributed by atoms with Crippen LogP contribution in [0.5, 0.6) is 0 Å². The molecule has 9 heteroatoms. The molecule has 0 spiro atoms. The molecule has 0 saturated carbocycles. The summed E-state index contributed by atoms with van der Waals surface area (Å²) in [6, 6.07) is 4.05. The maximum absolute atomic E-state index is 12.3. The SMILES string of the molecule is Cc1cccc(NC(=O)NC(=O)COC(=O)[C@@H]2CS[C@]3(C)CCC(=O)N23)c1C. The van der Waals surface area contributed by atoms with E-state index in [4.69, 9.17) is 4.74 Å². The van der Waals surface area contributed by atoms with Crippen LogP contribution in [0.1, 0.15) is 30.9 Å². The van der Waals surface area contributed by atoms with Gasteiger partial charge in [0, 0.05) is 17.9 Å². The zero-order chi connectivity index (χ0) is 20.5. The van der Waals surface area contributed by atoms with Crippen LogP contribution in [-0.4, -0.2) is 52.0 Å². The van der Waals surface area contributed by atoms with Crippen molar-refractivity contribution in [3.05, 3.63) is 29.3 Å². The second kappa shape index (κ2) is 7.83. The van der Waals surface area contributed by atoms with Gasteiger partial charge in [0.2, 0.25) is 5.91 Å². The maximum atomic E-state index is 12.3. The molecule has 0 aromatic heterocycles. The summed E-state index contributed by atoms with van der Waals surface area (Å²) in [6.45, 7) is 5.13. The number of hydrogen-bond acceptors (Lipinski definition) is 6. The second-order valence-electron chi connectivity index (χ2n) is 7.12. The molecule has 2 aliphatic rings. The van der Waals surface area contributed by atoms with E-state index < -0.39 is 30.6 Å². The number of benzene rings is 1. The van der Waals surface area contributed by atoms with Gasteiger partial charge >= 0.3 is 12.0 Å². The summed E-state index contributed by atoms with van der Waals surface area (Å²) in [5, 5.41) is 4.73. The van der Waals surface area contributed by atoms with Crippen molar-refractivity contribution in [1.29, 1.82) is 0 Å². The number of carbonyl (C=O) groups is 4. The molecule has 1 aromatic carbocycles. The summed E-state index contributed by atoms with van der Waals surface area (Å²) in [6.07, 6.45) is 1.10. The van der Waals surface area contributed by atoms with Crippen molar-refractivity contribution in [2.45, 2.75) is 44.5 Å². The molecule has 1 aromatic rings. The number of nitrogens with one attached hydrogen (secondary N) is 2. The van der Waals surface area contributed by atoms with Crippen LogP contribution in [0.4, 0.5) is 10.5 Å². The number of rotatable bonds is 4. The Hall–Kier alpha value is -2.55. The minimum atomic E-state index is -0.739. The summed E-state index contributed by atoms with van der Waals surface area (Å²) >= 11 is 1.54. The number of ether oxygens (including phenoxy) is 1. The highest BCUT2D eigenvalue weighted by molar-refractivity contribution is 8.01. The van der Waals surface area contributed by atoms with Gasteiger partial charge in [-0.05, 0) is 44.4 Å². The lowest BCUT2D eigenvalue weighted by molar-refractivity contribution is -0.156. The first-order valence-electron chi connectivity index (χ1n) is 9.01. The van der Waals surface area contributed by atoms with E-state index in [1.807, 2.05) is 26.8 Å². The molecule has 2 heterocycles. The highest BCUT2D eigenvalue weighted by Gasteiger charge is 2.53. The number of aryl methyl sites for hydroxylation is 1. The van der Waals surface area contributed by atoms with E-state index in [-0.39, 0.29) is 10.8 Å². The molecule has 0 aliphatic carbocycles. The molecule has 0 radical (unpaired) electrons. The van der Waals surface area contributed by atoms with Gasteiger partial charge in [-0.2, -0.15) is 0 Å². The lowest BCUT2D eigenvalue weighted by Crippen LogP contribution is -2.47. The van der Waals surface area contributed by atoms with Crippen molar-refractivity contribution in [3.8, 4) is 0 Å². The average Bonchev–Trinajstić information content (AvgIpc) is 3.13. The number of hydrogen-bond donors (Lipinski definition) is 2. The van der Waals surface area contributed by atoms with Gasteiger partial charge in [-0.3, -0.25) is 14.9 Å². The van der Waals surface area contributed by atoms with Gasteiger partial charge < -0.3 is 15.0 Å². The summed E-state index contributed by atoms with van der Waals surface area (Å²) < 4.78 is 5.05. The predicted octanol–water partition coefficient (Wildman–Crippen LogP) is 1.95. The topological polar surface area (TPSA) is 105 Å². The maximum Gasteiger partial charge on any atom is 0.330 e. The van der Waals surface area contributed by atoms with E-state index in [1.54, 1.807) is 28.8 Å². The second-order valence-corrected chi connectivity index (χ2v) is 8.62. The Morgan fingerprint density at radius 3 is 2.82 bits per heavy atom. The van der Waals surface area contributed by atoms with Gasteiger partial charge in [-0.25, -0.2) is 9.59 Å². The van der Waals surface area contributed by atoms with Crippen LogP contribution < -0.4 is 10.6 Å². The molecule has 28 heavy (non-hydrogen) atoms.